The molecule has 0 spiro atoms. The molecular formula is C13H7Cl3N2S. The third kappa shape index (κ3) is 2.32. The molecule has 3 rings (SSSR count). The first-order valence-corrected chi connectivity index (χ1v) is 7.39. The van der Waals surface area contributed by atoms with Gasteiger partial charge in [0.15, 0.2) is 5.82 Å². The van der Waals surface area contributed by atoms with Crippen molar-refractivity contribution in [3.05, 3.63) is 43.7 Å². The Labute approximate surface area is 129 Å². The van der Waals surface area contributed by atoms with Crippen LogP contribution in [0.15, 0.2) is 24.3 Å². The molecule has 1 aromatic carbocycles. The number of fused-ring (bicyclic) bond motifs is 1. The fourth-order valence-corrected chi connectivity index (χ4v) is 3.70. The number of aryl methyl sites for hydroxylation is 1. The lowest BCUT2D eigenvalue weighted by Gasteiger charge is -2.05. The number of aromatic nitrogens is 2. The van der Waals surface area contributed by atoms with Gasteiger partial charge in [-0.05, 0) is 24.6 Å². The van der Waals surface area contributed by atoms with Gasteiger partial charge in [-0.2, -0.15) is 0 Å². The molecule has 0 saturated carbocycles. The molecule has 2 heterocycles. The van der Waals surface area contributed by atoms with E-state index in [0.717, 1.165) is 16.5 Å². The number of hydrogen-bond acceptors (Lipinski definition) is 3. The monoisotopic (exact) mass is 328 g/mol. The highest BCUT2D eigenvalue weighted by molar-refractivity contribution is 7.20. The van der Waals surface area contributed by atoms with Crippen molar-refractivity contribution in [3.63, 3.8) is 0 Å². The van der Waals surface area contributed by atoms with E-state index in [1.807, 2.05) is 25.1 Å². The minimum Gasteiger partial charge on any atom is -0.228 e. The normalized spacial score (nSPS) is 11.2. The molecule has 0 amide bonds. The van der Waals surface area contributed by atoms with Crippen molar-refractivity contribution in [2.45, 2.75) is 6.92 Å². The third-order valence-electron chi connectivity index (χ3n) is 2.79. The van der Waals surface area contributed by atoms with Crippen molar-refractivity contribution in [2.75, 3.05) is 0 Å². The molecule has 0 N–H and O–H groups in total. The third-order valence-corrected chi connectivity index (χ3v) is 4.55. The number of halogens is 3. The Morgan fingerprint density at radius 3 is 2.58 bits per heavy atom. The molecule has 0 bridgehead atoms. The zero-order valence-corrected chi connectivity index (χ0v) is 12.8. The smallest absolute Gasteiger partial charge is 0.163 e. The Kier molecular flexibility index (Phi) is 3.39. The molecule has 0 fully saturated rings. The van der Waals surface area contributed by atoms with Crippen LogP contribution in [0.2, 0.25) is 13.8 Å². The predicted octanol–water partition coefficient (Wildman–Crippen LogP) is 5.63. The number of hydrogen-bond donors (Lipinski definition) is 0. The van der Waals surface area contributed by atoms with Crippen LogP contribution in [0, 0.1) is 6.92 Å². The molecular weight excluding hydrogens is 323 g/mol. The average Bonchev–Trinajstić information content (AvgIpc) is 2.68. The summed E-state index contributed by atoms with van der Waals surface area (Å²) in [5.41, 5.74) is 2.55. The first-order chi connectivity index (χ1) is 9.06. The van der Waals surface area contributed by atoms with Crippen LogP contribution in [0.3, 0.4) is 0 Å². The molecule has 0 radical (unpaired) electrons. The maximum atomic E-state index is 6.25. The Morgan fingerprint density at radius 1 is 1.11 bits per heavy atom. The van der Waals surface area contributed by atoms with Crippen LogP contribution in [0.1, 0.15) is 5.56 Å². The standard InChI is InChI=1S/C13H7Cl3N2S/c1-6-3-2-4-8-10(6)11(15)18-13(17-8)7-5-9(14)19-12(7)16/h2-5H,1H3. The molecule has 2 nitrogen and oxygen atoms in total. The van der Waals surface area contributed by atoms with E-state index in [9.17, 15) is 0 Å². The predicted molar refractivity (Wildman–Crippen MR) is 82.6 cm³/mol. The molecule has 0 aliphatic heterocycles. The van der Waals surface area contributed by atoms with Crippen molar-refractivity contribution in [1.82, 2.24) is 9.97 Å². The molecule has 96 valence electrons. The van der Waals surface area contributed by atoms with Gasteiger partial charge in [-0.1, -0.05) is 46.9 Å². The maximum Gasteiger partial charge on any atom is 0.163 e. The first-order valence-electron chi connectivity index (χ1n) is 5.44. The fraction of sp³-hybridized carbons (Fsp3) is 0.0769. The van der Waals surface area contributed by atoms with Crippen LogP contribution in [-0.2, 0) is 0 Å². The first kappa shape index (κ1) is 13.1. The second-order valence-electron chi connectivity index (χ2n) is 4.04. The number of thiophene rings is 1. The van der Waals surface area contributed by atoms with Crippen LogP contribution >= 0.6 is 46.1 Å². The molecule has 0 aliphatic carbocycles. The van der Waals surface area contributed by atoms with Gasteiger partial charge in [0.25, 0.3) is 0 Å². The van der Waals surface area contributed by atoms with Crippen molar-refractivity contribution in [3.8, 4) is 11.4 Å². The summed E-state index contributed by atoms with van der Waals surface area (Å²) in [7, 11) is 0. The van der Waals surface area contributed by atoms with Gasteiger partial charge >= 0.3 is 0 Å². The SMILES string of the molecule is Cc1cccc2nc(-c3cc(Cl)sc3Cl)nc(Cl)c12. The highest BCUT2D eigenvalue weighted by Gasteiger charge is 2.14. The molecule has 0 atom stereocenters. The van der Waals surface area contributed by atoms with Crippen molar-refractivity contribution < 1.29 is 0 Å². The molecule has 0 aliphatic rings. The van der Waals surface area contributed by atoms with E-state index < -0.39 is 0 Å². The molecule has 0 unspecified atom stereocenters. The van der Waals surface area contributed by atoms with Crippen LogP contribution in [0.5, 0.6) is 0 Å². The van der Waals surface area contributed by atoms with Gasteiger partial charge in [0.1, 0.15) is 9.49 Å². The van der Waals surface area contributed by atoms with Crippen LogP contribution in [-0.4, -0.2) is 9.97 Å². The molecule has 6 heteroatoms. The van der Waals surface area contributed by atoms with Gasteiger partial charge < -0.3 is 0 Å². The summed E-state index contributed by atoms with van der Waals surface area (Å²) >= 11 is 19.6. The summed E-state index contributed by atoms with van der Waals surface area (Å²) < 4.78 is 1.16. The summed E-state index contributed by atoms with van der Waals surface area (Å²) in [5, 5.41) is 1.29. The number of rotatable bonds is 1. The zero-order valence-electron chi connectivity index (χ0n) is 9.75. The number of benzene rings is 1. The summed E-state index contributed by atoms with van der Waals surface area (Å²) in [6.07, 6.45) is 0. The Morgan fingerprint density at radius 2 is 1.89 bits per heavy atom. The second-order valence-corrected chi connectivity index (χ2v) is 6.69. The van der Waals surface area contributed by atoms with Gasteiger partial charge in [0, 0.05) is 5.39 Å². The van der Waals surface area contributed by atoms with E-state index in [4.69, 9.17) is 34.8 Å². The largest absolute Gasteiger partial charge is 0.228 e. The highest BCUT2D eigenvalue weighted by Crippen LogP contribution is 2.38. The maximum absolute atomic E-state index is 6.25. The van der Waals surface area contributed by atoms with Crippen LogP contribution in [0.4, 0.5) is 0 Å². The van der Waals surface area contributed by atoms with Crippen molar-refractivity contribution in [1.29, 1.82) is 0 Å². The van der Waals surface area contributed by atoms with E-state index in [2.05, 4.69) is 9.97 Å². The van der Waals surface area contributed by atoms with Gasteiger partial charge in [0.2, 0.25) is 0 Å². The minimum atomic E-state index is 0.427. The van der Waals surface area contributed by atoms with E-state index >= 15 is 0 Å². The van der Waals surface area contributed by atoms with Crippen molar-refractivity contribution >= 4 is 57.0 Å². The van der Waals surface area contributed by atoms with Gasteiger partial charge in [-0.25, -0.2) is 9.97 Å². The lowest BCUT2D eigenvalue weighted by Crippen LogP contribution is -1.92. The Hall–Kier alpha value is -0.870. The van der Waals surface area contributed by atoms with Crippen molar-refractivity contribution in [2.24, 2.45) is 0 Å². The lowest BCUT2D eigenvalue weighted by molar-refractivity contribution is 1.23. The molecule has 2 aromatic heterocycles. The summed E-state index contributed by atoms with van der Waals surface area (Å²) in [6, 6.07) is 7.57. The minimum absolute atomic E-state index is 0.427. The molecule has 0 saturated heterocycles. The van der Waals surface area contributed by atoms with Gasteiger partial charge in [0.05, 0.1) is 15.4 Å². The summed E-state index contributed by atoms with van der Waals surface area (Å²) in [4.78, 5) is 8.83. The lowest BCUT2D eigenvalue weighted by atomic mass is 10.1. The molecule has 3 aromatic rings. The quantitative estimate of drug-likeness (QED) is 0.541. The summed E-state index contributed by atoms with van der Waals surface area (Å²) in [6.45, 7) is 1.98. The van der Waals surface area contributed by atoms with E-state index in [1.165, 1.54) is 11.3 Å². The topological polar surface area (TPSA) is 25.8 Å². The van der Waals surface area contributed by atoms with E-state index in [1.54, 1.807) is 6.07 Å². The Bertz CT molecular complexity index is 783. The fourth-order valence-electron chi connectivity index (χ4n) is 1.91. The zero-order chi connectivity index (χ0) is 13.6. The number of nitrogens with zero attached hydrogens (tertiary/aromatic N) is 2. The average molecular weight is 330 g/mol. The van der Waals surface area contributed by atoms with Crippen LogP contribution in [0.25, 0.3) is 22.3 Å². The highest BCUT2D eigenvalue weighted by atomic mass is 35.5. The second kappa shape index (κ2) is 4.91. The van der Waals surface area contributed by atoms with E-state index in [-0.39, 0.29) is 0 Å². The summed E-state index contributed by atoms with van der Waals surface area (Å²) in [5.74, 6) is 0.497. The van der Waals surface area contributed by atoms with E-state index in [0.29, 0.717) is 25.2 Å². The van der Waals surface area contributed by atoms with Gasteiger partial charge in [-0.3, -0.25) is 0 Å². The molecule has 19 heavy (non-hydrogen) atoms. The van der Waals surface area contributed by atoms with Crippen LogP contribution < -0.4 is 0 Å². The van der Waals surface area contributed by atoms with Gasteiger partial charge in [-0.15, -0.1) is 11.3 Å². The Balaban J connectivity index is 2.30.